The molecule has 2 aromatic carbocycles. The molecule has 1 spiro atoms. The monoisotopic (exact) mass is 470 g/mol. The molecule has 1 saturated heterocycles. The Morgan fingerprint density at radius 3 is 2.59 bits per heavy atom. The lowest BCUT2D eigenvalue weighted by Gasteiger charge is -2.29. The number of alkyl halides is 3. The van der Waals surface area contributed by atoms with Crippen LogP contribution in [0.25, 0.3) is 11.1 Å². The van der Waals surface area contributed by atoms with Crippen molar-refractivity contribution < 1.29 is 26.7 Å². The average Bonchev–Trinajstić information content (AvgIpc) is 3.46. The van der Waals surface area contributed by atoms with E-state index in [4.69, 9.17) is 0 Å². The summed E-state index contributed by atoms with van der Waals surface area (Å²) in [5.41, 5.74) is 0.535. The summed E-state index contributed by atoms with van der Waals surface area (Å²) in [7, 11) is 0. The molecule has 2 aromatic rings. The minimum atomic E-state index is -2.64. The van der Waals surface area contributed by atoms with E-state index in [1.54, 1.807) is 24.3 Å². The van der Waals surface area contributed by atoms with E-state index in [1.807, 2.05) is 0 Å². The molecule has 1 aliphatic heterocycles. The highest BCUT2D eigenvalue weighted by Gasteiger charge is 2.60. The molecule has 1 heterocycles. The first-order valence-corrected chi connectivity index (χ1v) is 11.3. The van der Waals surface area contributed by atoms with Gasteiger partial charge in [-0.3, -0.25) is 13.9 Å². The average molecular weight is 471 g/mol. The number of halogens is 5. The number of nitrogens with zero attached hydrogens (tertiary/aromatic N) is 1. The second-order valence-corrected chi connectivity index (χ2v) is 9.19. The molecule has 4 rings (SSSR count). The largest absolute Gasteiger partial charge is 0.337 e. The summed E-state index contributed by atoms with van der Waals surface area (Å²) in [6.07, 6.45) is 1.30. The van der Waals surface area contributed by atoms with Crippen LogP contribution in [0, 0.1) is 17.0 Å². The van der Waals surface area contributed by atoms with Gasteiger partial charge in [0.15, 0.2) is 0 Å². The van der Waals surface area contributed by atoms with E-state index in [0.717, 1.165) is 12.8 Å². The fourth-order valence-electron chi connectivity index (χ4n) is 4.67. The number of carbonyl (C=O) groups is 1. The van der Waals surface area contributed by atoms with Gasteiger partial charge in [-0.1, -0.05) is 30.3 Å². The highest BCUT2D eigenvalue weighted by atomic mass is 32.2. The summed E-state index contributed by atoms with van der Waals surface area (Å²) in [5.74, 6) is -4.09. The summed E-state index contributed by atoms with van der Waals surface area (Å²) in [5, 5.41) is 0. The van der Waals surface area contributed by atoms with Crippen LogP contribution in [0.5, 0.6) is 0 Å². The predicted molar refractivity (Wildman–Crippen MR) is 114 cm³/mol. The molecular weight excluding hydrogens is 447 g/mol. The van der Waals surface area contributed by atoms with Crippen molar-refractivity contribution in [3.63, 3.8) is 0 Å². The van der Waals surface area contributed by atoms with Gasteiger partial charge >= 0.3 is 0 Å². The molecular formula is C23H23F5N2OS. The maximum Gasteiger partial charge on any atom is 0.297 e. The van der Waals surface area contributed by atoms with Crippen LogP contribution in [0.15, 0.2) is 42.5 Å². The zero-order chi connectivity index (χ0) is 22.9. The number of likely N-dealkylation sites (tertiary alicyclic amines) is 1. The van der Waals surface area contributed by atoms with Crippen molar-refractivity contribution in [2.24, 2.45) is 5.41 Å². The lowest BCUT2D eigenvalue weighted by atomic mass is 9.91. The highest BCUT2D eigenvalue weighted by Crippen LogP contribution is 2.56. The molecule has 1 aliphatic carbocycles. The van der Waals surface area contributed by atoms with Crippen molar-refractivity contribution in [2.45, 2.75) is 43.5 Å². The second-order valence-electron chi connectivity index (χ2n) is 8.36. The molecule has 0 bridgehead atoms. The van der Waals surface area contributed by atoms with E-state index in [-0.39, 0.29) is 35.8 Å². The van der Waals surface area contributed by atoms with E-state index in [2.05, 4.69) is 4.72 Å². The van der Waals surface area contributed by atoms with Crippen LogP contribution < -0.4 is 4.72 Å². The molecule has 1 amide bonds. The Morgan fingerprint density at radius 1 is 1.19 bits per heavy atom. The van der Waals surface area contributed by atoms with Crippen molar-refractivity contribution >= 4 is 17.9 Å². The van der Waals surface area contributed by atoms with E-state index < -0.39 is 42.1 Å². The third-order valence-corrected chi connectivity index (χ3v) is 6.95. The number of hydrogen-bond acceptors (Lipinski definition) is 3. The number of benzene rings is 2. The number of nitrogens with one attached hydrogen (secondary N) is 1. The molecule has 0 radical (unpaired) electrons. The van der Waals surface area contributed by atoms with Crippen LogP contribution in [-0.4, -0.2) is 41.9 Å². The highest BCUT2D eigenvalue weighted by molar-refractivity contribution is 7.97. The van der Waals surface area contributed by atoms with E-state index in [9.17, 15) is 22.4 Å². The Balaban J connectivity index is 1.66. The van der Waals surface area contributed by atoms with E-state index >= 15 is 4.39 Å². The van der Waals surface area contributed by atoms with Crippen LogP contribution in [0.2, 0.25) is 0 Å². The van der Waals surface area contributed by atoms with Gasteiger partial charge in [0.05, 0.1) is 19.1 Å². The third kappa shape index (κ3) is 4.64. The molecule has 2 fully saturated rings. The summed E-state index contributed by atoms with van der Waals surface area (Å²) in [4.78, 5) is 14.1. The molecule has 1 saturated carbocycles. The molecule has 9 heteroatoms. The fourth-order valence-corrected chi connectivity index (χ4v) is 5.32. The lowest BCUT2D eigenvalue weighted by molar-refractivity contribution is -0.132. The lowest BCUT2D eigenvalue weighted by Crippen LogP contribution is -2.46. The van der Waals surface area contributed by atoms with E-state index in [0.29, 0.717) is 17.7 Å². The van der Waals surface area contributed by atoms with Gasteiger partial charge in [0.2, 0.25) is 5.91 Å². The summed E-state index contributed by atoms with van der Waals surface area (Å²) in [6, 6.07) is 9.28. The normalized spacial score (nSPS) is 21.5. The number of amides is 1. The van der Waals surface area contributed by atoms with Crippen LogP contribution >= 0.6 is 11.9 Å². The van der Waals surface area contributed by atoms with Crippen molar-refractivity contribution in [2.75, 3.05) is 13.2 Å². The summed E-state index contributed by atoms with van der Waals surface area (Å²) in [6.45, 7) is -0.481. The topological polar surface area (TPSA) is 32.3 Å². The Bertz CT molecular complexity index is 985. The van der Waals surface area contributed by atoms with Crippen molar-refractivity contribution in [1.29, 1.82) is 0 Å². The molecule has 32 heavy (non-hydrogen) atoms. The van der Waals surface area contributed by atoms with Gasteiger partial charge in [-0.2, -0.15) is 8.78 Å². The van der Waals surface area contributed by atoms with Gasteiger partial charge in [-0.05, 0) is 54.5 Å². The molecule has 0 aromatic heterocycles. The molecule has 3 nitrogen and oxygen atoms in total. The SMILES string of the molecule is O=C(CCF)N1CC2(CC2)C(NSC(F)F)C1Cc1cccc(-c2cccc(F)c2)c1F. The van der Waals surface area contributed by atoms with Crippen LogP contribution in [-0.2, 0) is 11.2 Å². The molecule has 172 valence electrons. The minimum Gasteiger partial charge on any atom is -0.337 e. The molecule has 2 unspecified atom stereocenters. The van der Waals surface area contributed by atoms with Gasteiger partial charge < -0.3 is 4.90 Å². The Kier molecular flexibility index (Phi) is 6.76. The zero-order valence-corrected chi connectivity index (χ0v) is 18.0. The summed E-state index contributed by atoms with van der Waals surface area (Å²) < 4.78 is 70.6. The number of rotatable bonds is 8. The van der Waals surface area contributed by atoms with Gasteiger partial charge in [0.25, 0.3) is 5.76 Å². The van der Waals surface area contributed by atoms with Crippen molar-refractivity contribution in [3.8, 4) is 11.1 Å². The van der Waals surface area contributed by atoms with Gasteiger partial charge in [0, 0.05) is 23.6 Å². The number of carbonyl (C=O) groups excluding carboxylic acids is 1. The smallest absolute Gasteiger partial charge is 0.297 e. The van der Waals surface area contributed by atoms with Crippen molar-refractivity contribution in [1.82, 2.24) is 9.62 Å². The zero-order valence-electron chi connectivity index (χ0n) is 17.2. The molecule has 2 aliphatic rings. The Labute approximate surface area is 187 Å². The first-order chi connectivity index (χ1) is 15.3. The third-order valence-electron chi connectivity index (χ3n) is 6.38. The Morgan fingerprint density at radius 2 is 1.94 bits per heavy atom. The van der Waals surface area contributed by atoms with Crippen molar-refractivity contribution in [3.05, 3.63) is 59.7 Å². The van der Waals surface area contributed by atoms with Crippen LogP contribution in [0.1, 0.15) is 24.8 Å². The second kappa shape index (κ2) is 9.39. The maximum atomic E-state index is 15.4. The number of hydrogen-bond donors (Lipinski definition) is 1. The first-order valence-electron chi connectivity index (χ1n) is 10.4. The summed E-state index contributed by atoms with van der Waals surface area (Å²) >= 11 is 0.287. The fraction of sp³-hybridized carbons (Fsp3) is 0.435. The first kappa shape index (κ1) is 23.0. The minimum absolute atomic E-state index is 0.0796. The Hall–Kier alpha value is -2.13. The van der Waals surface area contributed by atoms with Gasteiger partial charge in [0.1, 0.15) is 11.6 Å². The molecule has 1 N–H and O–H groups in total. The van der Waals surface area contributed by atoms with Crippen LogP contribution in [0.4, 0.5) is 22.0 Å². The standard InChI is InChI=1S/C23H23F5N2OS/c24-10-7-19(31)30-13-23(8-9-23)21(29-32-22(27)28)18(30)12-15-4-2-6-17(20(15)26)14-3-1-5-16(25)11-14/h1-6,11,18,21-22,29H,7-10,12-13H2. The van der Waals surface area contributed by atoms with Gasteiger partial charge in [-0.15, -0.1) is 0 Å². The predicted octanol–water partition coefficient (Wildman–Crippen LogP) is 5.35. The molecule has 2 atom stereocenters. The van der Waals surface area contributed by atoms with Crippen LogP contribution in [0.3, 0.4) is 0 Å². The maximum absolute atomic E-state index is 15.4. The van der Waals surface area contributed by atoms with Gasteiger partial charge in [-0.25, -0.2) is 8.78 Å². The quantitative estimate of drug-likeness (QED) is 0.417. The van der Waals surface area contributed by atoms with E-state index in [1.165, 1.54) is 23.1 Å².